The summed E-state index contributed by atoms with van der Waals surface area (Å²) >= 11 is 6.40. The molecule has 0 aromatic heterocycles. The monoisotopic (exact) mass is 549 g/mol. The number of aryl methyl sites for hydroxylation is 2. The van der Waals surface area contributed by atoms with Crippen molar-refractivity contribution in [2.45, 2.75) is 45.6 Å². The molecular formula is C34H32ClN3O2. The standard InChI is InChI=1S/C34H32ClN3O2/c1-3-23-11-10-22(18-24(23)4-2)19-31-32(39)20-26-12-15-27(35)21-30(26)33(38-31)25-13-16-29(17-14-25)37-34(40)36-28-8-6-5-7-9-28/h5-18,21,31H,3-4,19-20H2,1-2H3,(H2,36,37,40). The summed E-state index contributed by atoms with van der Waals surface area (Å²) in [7, 11) is 0. The molecule has 1 aliphatic rings. The van der Waals surface area contributed by atoms with Crippen molar-refractivity contribution in [1.82, 2.24) is 0 Å². The molecule has 1 atom stereocenters. The average molecular weight is 550 g/mol. The lowest BCUT2D eigenvalue weighted by molar-refractivity contribution is -0.119. The van der Waals surface area contributed by atoms with Crippen molar-refractivity contribution in [1.29, 1.82) is 0 Å². The van der Waals surface area contributed by atoms with Crippen LogP contribution < -0.4 is 10.6 Å². The molecule has 1 heterocycles. The van der Waals surface area contributed by atoms with Crippen LogP contribution in [0.4, 0.5) is 16.2 Å². The molecule has 0 radical (unpaired) electrons. The molecule has 0 bridgehead atoms. The highest BCUT2D eigenvalue weighted by molar-refractivity contribution is 6.31. The summed E-state index contributed by atoms with van der Waals surface area (Å²) in [4.78, 5) is 31.0. The van der Waals surface area contributed by atoms with Crippen LogP contribution in [-0.2, 0) is 30.5 Å². The second-order valence-electron chi connectivity index (χ2n) is 9.97. The first-order chi connectivity index (χ1) is 19.4. The molecule has 0 saturated heterocycles. The van der Waals surface area contributed by atoms with E-state index in [2.05, 4.69) is 42.7 Å². The van der Waals surface area contributed by atoms with Gasteiger partial charge in [0.15, 0.2) is 5.78 Å². The van der Waals surface area contributed by atoms with Gasteiger partial charge >= 0.3 is 6.03 Å². The number of benzene rings is 4. The summed E-state index contributed by atoms with van der Waals surface area (Å²) in [5.74, 6) is 0.0899. The Labute approximate surface area is 240 Å². The van der Waals surface area contributed by atoms with E-state index >= 15 is 0 Å². The minimum Gasteiger partial charge on any atom is -0.308 e. The van der Waals surface area contributed by atoms with Crippen molar-refractivity contribution in [3.63, 3.8) is 0 Å². The van der Waals surface area contributed by atoms with Gasteiger partial charge in [-0.15, -0.1) is 0 Å². The Bertz CT molecular complexity index is 1560. The number of urea groups is 1. The number of carbonyl (C=O) groups excluding carboxylic acids is 2. The van der Waals surface area contributed by atoms with Gasteiger partial charge in [-0.3, -0.25) is 9.79 Å². The molecule has 5 nitrogen and oxygen atoms in total. The Hall–Kier alpha value is -4.22. The van der Waals surface area contributed by atoms with E-state index in [1.165, 1.54) is 11.1 Å². The molecule has 2 amide bonds. The number of ketones is 1. The van der Waals surface area contributed by atoms with Crippen molar-refractivity contribution in [2.24, 2.45) is 4.99 Å². The molecule has 5 rings (SSSR count). The molecule has 0 saturated carbocycles. The van der Waals surface area contributed by atoms with Crippen LogP contribution in [0.2, 0.25) is 5.02 Å². The molecule has 40 heavy (non-hydrogen) atoms. The molecule has 2 N–H and O–H groups in total. The number of para-hydroxylation sites is 1. The first kappa shape index (κ1) is 27.4. The number of aliphatic imine (C=N–C) groups is 1. The molecule has 1 aliphatic heterocycles. The number of Topliss-reactive ketones (excluding diaryl/α,β-unsaturated/α-hetero) is 1. The quantitative estimate of drug-likeness (QED) is 0.248. The van der Waals surface area contributed by atoms with Crippen LogP contribution in [0.1, 0.15) is 47.2 Å². The highest BCUT2D eigenvalue weighted by Gasteiger charge is 2.27. The second-order valence-corrected chi connectivity index (χ2v) is 10.4. The number of rotatable bonds is 7. The maximum absolute atomic E-state index is 13.5. The van der Waals surface area contributed by atoms with E-state index in [0.29, 0.717) is 29.2 Å². The smallest absolute Gasteiger partial charge is 0.308 e. The molecule has 4 aromatic rings. The maximum atomic E-state index is 13.5. The number of carbonyl (C=O) groups is 2. The number of nitrogens with one attached hydrogen (secondary N) is 2. The van der Waals surface area contributed by atoms with Gasteiger partial charge in [-0.2, -0.15) is 0 Å². The zero-order valence-electron chi connectivity index (χ0n) is 22.7. The molecule has 0 fully saturated rings. The van der Waals surface area contributed by atoms with E-state index < -0.39 is 6.04 Å². The SMILES string of the molecule is CCc1ccc(CC2N=C(c3ccc(NC(=O)Nc4ccccc4)cc3)c3cc(Cl)ccc3CC2=O)cc1CC. The van der Waals surface area contributed by atoms with Crippen molar-refractivity contribution >= 4 is 40.5 Å². The number of hydrogen-bond donors (Lipinski definition) is 2. The number of halogens is 1. The molecule has 202 valence electrons. The zero-order chi connectivity index (χ0) is 28.1. The minimum atomic E-state index is -0.507. The summed E-state index contributed by atoms with van der Waals surface area (Å²) in [6.07, 6.45) is 2.79. The Kier molecular flexibility index (Phi) is 8.42. The van der Waals surface area contributed by atoms with Crippen LogP contribution in [0.5, 0.6) is 0 Å². The van der Waals surface area contributed by atoms with E-state index in [0.717, 1.165) is 40.8 Å². The predicted molar refractivity (Wildman–Crippen MR) is 164 cm³/mol. The topological polar surface area (TPSA) is 70.6 Å². The van der Waals surface area contributed by atoms with Crippen molar-refractivity contribution < 1.29 is 9.59 Å². The fourth-order valence-corrected chi connectivity index (χ4v) is 5.32. The fourth-order valence-electron chi connectivity index (χ4n) is 5.15. The number of hydrogen-bond acceptors (Lipinski definition) is 3. The minimum absolute atomic E-state index is 0.0899. The van der Waals surface area contributed by atoms with Gasteiger partial charge in [0.1, 0.15) is 6.04 Å². The zero-order valence-corrected chi connectivity index (χ0v) is 23.5. The number of nitrogens with zero attached hydrogens (tertiary/aromatic N) is 1. The van der Waals surface area contributed by atoms with E-state index in [-0.39, 0.29) is 11.8 Å². The first-order valence-electron chi connectivity index (χ1n) is 13.7. The van der Waals surface area contributed by atoms with Crippen molar-refractivity contribution in [2.75, 3.05) is 10.6 Å². The summed E-state index contributed by atoms with van der Waals surface area (Å²) in [6, 6.07) is 28.1. The number of fused-ring (bicyclic) bond motifs is 1. The highest BCUT2D eigenvalue weighted by atomic mass is 35.5. The van der Waals surface area contributed by atoms with Crippen LogP contribution in [-0.4, -0.2) is 23.6 Å². The molecule has 6 heteroatoms. The van der Waals surface area contributed by atoms with E-state index in [9.17, 15) is 9.59 Å². The third kappa shape index (κ3) is 6.32. The Morgan fingerprint density at radius 1 is 0.850 bits per heavy atom. The van der Waals surface area contributed by atoms with Gasteiger partial charge in [-0.25, -0.2) is 4.79 Å². The van der Waals surface area contributed by atoms with Crippen LogP contribution in [0.3, 0.4) is 0 Å². The molecular weight excluding hydrogens is 518 g/mol. The third-order valence-electron chi connectivity index (χ3n) is 7.26. The van der Waals surface area contributed by atoms with E-state index in [1.54, 1.807) is 0 Å². The molecule has 1 unspecified atom stereocenters. The molecule has 0 aliphatic carbocycles. The van der Waals surface area contributed by atoms with Crippen LogP contribution in [0.15, 0.2) is 96.0 Å². The molecule has 0 spiro atoms. The van der Waals surface area contributed by atoms with Gasteiger partial charge < -0.3 is 10.6 Å². The third-order valence-corrected chi connectivity index (χ3v) is 7.49. The lowest BCUT2D eigenvalue weighted by Gasteiger charge is -2.14. The van der Waals surface area contributed by atoms with Crippen LogP contribution in [0, 0.1) is 0 Å². The molecule has 4 aromatic carbocycles. The van der Waals surface area contributed by atoms with E-state index in [1.807, 2.05) is 72.8 Å². The van der Waals surface area contributed by atoms with Gasteiger partial charge in [0.25, 0.3) is 0 Å². The second kappa shape index (κ2) is 12.3. The lowest BCUT2D eigenvalue weighted by Crippen LogP contribution is -2.23. The average Bonchev–Trinajstić information content (AvgIpc) is 3.09. The van der Waals surface area contributed by atoms with Gasteiger partial charge in [-0.1, -0.05) is 80.0 Å². The summed E-state index contributed by atoms with van der Waals surface area (Å²) in [5.41, 5.74) is 8.50. The lowest BCUT2D eigenvalue weighted by atomic mass is 9.94. The van der Waals surface area contributed by atoms with Gasteiger partial charge in [0.2, 0.25) is 0 Å². The highest BCUT2D eigenvalue weighted by Crippen LogP contribution is 2.27. The summed E-state index contributed by atoms with van der Waals surface area (Å²) in [5, 5.41) is 6.28. The van der Waals surface area contributed by atoms with Crippen molar-refractivity contribution in [3.05, 3.63) is 129 Å². The van der Waals surface area contributed by atoms with Gasteiger partial charge in [-0.05, 0) is 71.5 Å². The summed E-state index contributed by atoms with van der Waals surface area (Å²) < 4.78 is 0. The predicted octanol–water partition coefficient (Wildman–Crippen LogP) is 7.68. The Morgan fingerprint density at radius 2 is 1.55 bits per heavy atom. The van der Waals surface area contributed by atoms with Crippen LogP contribution in [0.25, 0.3) is 0 Å². The van der Waals surface area contributed by atoms with Gasteiger partial charge in [0, 0.05) is 40.4 Å². The van der Waals surface area contributed by atoms with Gasteiger partial charge in [0.05, 0.1) is 5.71 Å². The number of amides is 2. The Morgan fingerprint density at radius 3 is 2.25 bits per heavy atom. The van der Waals surface area contributed by atoms with Crippen molar-refractivity contribution in [3.8, 4) is 0 Å². The largest absolute Gasteiger partial charge is 0.323 e. The van der Waals surface area contributed by atoms with E-state index in [4.69, 9.17) is 16.6 Å². The van der Waals surface area contributed by atoms with Crippen LogP contribution >= 0.6 is 11.6 Å². The fraction of sp³-hybridized carbons (Fsp3) is 0.206. The number of anilines is 2. The first-order valence-corrected chi connectivity index (χ1v) is 14.0. The maximum Gasteiger partial charge on any atom is 0.323 e. The normalized spacial score (nSPS) is 14.6. The Balaban J connectivity index is 1.44. The summed E-state index contributed by atoms with van der Waals surface area (Å²) in [6.45, 7) is 4.33.